The summed E-state index contributed by atoms with van der Waals surface area (Å²) in [6.45, 7) is 5.91. The summed E-state index contributed by atoms with van der Waals surface area (Å²) in [5.74, 6) is 0.848. The Labute approximate surface area is 105 Å². The lowest BCUT2D eigenvalue weighted by atomic mass is 10.0. The summed E-state index contributed by atoms with van der Waals surface area (Å²) in [5.41, 5.74) is 2.26. The molecule has 0 fully saturated rings. The molecular weight excluding hydrogens is 228 g/mol. The summed E-state index contributed by atoms with van der Waals surface area (Å²) in [6, 6.07) is 8.00. The van der Waals surface area contributed by atoms with Crippen LogP contribution in [0.4, 0.5) is 11.6 Å². The summed E-state index contributed by atoms with van der Waals surface area (Å²) < 4.78 is 0. The highest BCUT2D eigenvalue weighted by Gasteiger charge is 2.02. The van der Waals surface area contributed by atoms with Crippen LogP contribution in [0.2, 0.25) is 0 Å². The highest BCUT2D eigenvalue weighted by atomic mass is 16.1. The van der Waals surface area contributed by atoms with Crippen molar-refractivity contribution in [2.24, 2.45) is 0 Å². The molecule has 0 radical (unpaired) electrons. The monoisotopic (exact) mass is 244 g/mol. The molecule has 5 nitrogen and oxygen atoms in total. The van der Waals surface area contributed by atoms with E-state index in [-0.39, 0.29) is 5.56 Å². The van der Waals surface area contributed by atoms with E-state index >= 15 is 0 Å². The zero-order valence-electron chi connectivity index (χ0n) is 10.7. The molecule has 1 aromatic carbocycles. The number of H-pyrrole nitrogens is 1. The molecule has 2 aromatic rings. The summed E-state index contributed by atoms with van der Waals surface area (Å²) in [5, 5.41) is 10.6. The normalized spacial score (nSPS) is 10.7. The van der Waals surface area contributed by atoms with Gasteiger partial charge >= 0.3 is 0 Å². The number of nitrogens with one attached hydrogen (secondary N) is 2. The van der Waals surface area contributed by atoms with Crippen LogP contribution < -0.4 is 10.9 Å². The van der Waals surface area contributed by atoms with Crippen molar-refractivity contribution in [3.05, 3.63) is 45.9 Å². The molecule has 1 heterocycles. The van der Waals surface area contributed by atoms with Crippen LogP contribution in [-0.2, 0) is 0 Å². The Bertz CT molecular complexity index is 587. The van der Waals surface area contributed by atoms with Gasteiger partial charge in [0.05, 0.1) is 0 Å². The molecule has 0 saturated heterocycles. The smallest absolute Gasteiger partial charge is 0.273 e. The summed E-state index contributed by atoms with van der Waals surface area (Å²) in [7, 11) is 0. The minimum atomic E-state index is -0.230. The van der Waals surface area contributed by atoms with Gasteiger partial charge in [0.1, 0.15) is 5.69 Å². The molecule has 0 aliphatic rings. The summed E-state index contributed by atoms with van der Waals surface area (Å²) in [6.07, 6.45) is 0. The first-order chi connectivity index (χ1) is 8.56. The van der Waals surface area contributed by atoms with E-state index in [0.717, 1.165) is 5.69 Å². The zero-order chi connectivity index (χ0) is 13.1. The van der Waals surface area contributed by atoms with E-state index in [1.807, 2.05) is 24.3 Å². The average molecular weight is 244 g/mol. The number of rotatable bonds is 3. The van der Waals surface area contributed by atoms with Gasteiger partial charge in [-0.1, -0.05) is 26.0 Å². The molecule has 0 saturated carbocycles. The second-order valence-corrected chi connectivity index (χ2v) is 4.49. The molecule has 0 aliphatic carbocycles. The predicted molar refractivity (Wildman–Crippen MR) is 71.2 cm³/mol. The fourth-order valence-corrected chi connectivity index (χ4v) is 1.54. The molecule has 0 bridgehead atoms. The van der Waals surface area contributed by atoms with Gasteiger partial charge in [-0.2, -0.15) is 0 Å². The first-order valence-electron chi connectivity index (χ1n) is 5.87. The van der Waals surface area contributed by atoms with Crippen LogP contribution >= 0.6 is 0 Å². The number of aromatic nitrogens is 3. The number of hydrogen-bond donors (Lipinski definition) is 2. The third-order valence-corrected chi connectivity index (χ3v) is 2.70. The van der Waals surface area contributed by atoms with Gasteiger partial charge in [0.15, 0.2) is 0 Å². The first kappa shape index (κ1) is 12.3. The number of hydrogen-bond acceptors (Lipinski definition) is 4. The lowest BCUT2D eigenvalue weighted by Gasteiger charge is -2.08. The van der Waals surface area contributed by atoms with Crippen molar-refractivity contribution in [3.63, 3.8) is 0 Å². The van der Waals surface area contributed by atoms with Gasteiger partial charge in [0.25, 0.3) is 5.56 Å². The minimum absolute atomic E-state index is 0.230. The molecule has 2 N–H and O–H groups in total. The Morgan fingerprint density at radius 1 is 1.17 bits per heavy atom. The standard InChI is InChI=1S/C13H16N4O/c1-8(2)10-4-6-11(7-5-10)14-13-15-12(18)9(3)16-17-13/h4-8H,1-3H3,(H2,14,15,17,18). The van der Waals surface area contributed by atoms with E-state index in [9.17, 15) is 4.79 Å². The molecule has 0 spiro atoms. The molecule has 0 atom stereocenters. The van der Waals surface area contributed by atoms with E-state index in [2.05, 4.69) is 34.3 Å². The van der Waals surface area contributed by atoms with Crippen LogP contribution in [0.3, 0.4) is 0 Å². The quantitative estimate of drug-likeness (QED) is 0.869. The zero-order valence-corrected chi connectivity index (χ0v) is 10.7. The molecule has 0 unspecified atom stereocenters. The summed E-state index contributed by atoms with van der Waals surface area (Å²) in [4.78, 5) is 14.0. The summed E-state index contributed by atoms with van der Waals surface area (Å²) >= 11 is 0. The predicted octanol–water partition coefficient (Wildman–Crippen LogP) is 2.34. The third-order valence-electron chi connectivity index (χ3n) is 2.70. The van der Waals surface area contributed by atoms with Crippen molar-refractivity contribution >= 4 is 11.6 Å². The average Bonchev–Trinajstić information content (AvgIpc) is 2.34. The third kappa shape index (κ3) is 2.74. The molecule has 94 valence electrons. The SMILES string of the molecule is Cc1nnc(Nc2ccc(C(C)C)cc2)[nH]c1=O. The van der Waals surface area contributed by atoms with E-state index in [1.165, 1.54) is 5.56 Å². The maximum Gasteiger partial charge on any atom is 0.273 e. The van der Waals surface area contributed by atoms with Gasteiger partial charge in [0.2, 0.25) is 5.95 Å². The minimum Gasteiger partial charge on any atom is -0.324 e. The Morgan fingerprint density at radius 2 is 1.83 bits per heavy atom. The van der Waals surface area contributed by atoms with E-state index in [0.29, 0.717) is 17.6 Å². The topological polar surface area (TPSA) is 70.7 Å². The number of anilines is 2. The van der Waals surface area contributed by atoms with Crippen molar-refractivity contribution < 1.29 is 0 Å². The van der Waals surface area contributed by atoms with Gasteiger partial charge in [-0.15, -0.1) is 10.2 Å². The fourth-order valence-electron chi connectivity index (χ4n) is 1.54. The van der Waals surface area contributed by atoms with Gasteiger partial charge in [0, 0.05) is 5.69 Å². The lowest BCUT2D eigenvalue weighted by Crippen LogP contribution is -2.15. The fraction of sp³-hybridized carbons (Fsp3) is 0.308. The molecule has 0 aliphatic heterocycles. The van der Waals surface area contributed by atoms with Gasteiger partial charge in [-0.25, -0.2) is 0 Å². The van der Waals surface area contributed by atoms with E-state index in [1.54, 1.807) is 6.92 Å². The molecular formula is C13H16N4O. The molecule has 18 heavy (non-hydrogen) atoms. The molecule has 2 rings (SSSR count). The van der Waals surface area contributed by atoms with Crippen molar-refractivity contribution in [1.29, 1.82) is 0 Å². The Hall–Kier alpha value is -2.17. The van der Waals surface area contributed by atoms with Crippen LogP contribution in [0, 0.1) is 6.92 Å². The van der Waals surface area contributed by atoms with Crippen molar-refractivity contribution in [2.75, 3.05) is 5.32 Å². The number of aryl methyl sites for hydroxylation is 1. The van der Waals surface area contributed by atoms with Crippen molar-refractivity contribution in [2.45, 2.75) is 26.7 Å². The molecule has 0 amide bonds. The van der Waals surface area contributed by atoms with Gasteiger partial charge in [-0.3, -0.25) is 9.78 Å². The highest BCUT2D eigenvalue weighted by molar-refractivity contribution is 5.53. The van der Waals surface area contributed by atoms with Crippen LogP contribution in [0.1, 0.15) is 31.0 Å². The molecule has 5 heteroatoms. The van der Waals surface area contributed by atoms with Crippen LogP contribution in [-0.4, -0.2) is 15.2 Å². The molecule has 1 aromatic heterocycles. The van der Waals surface area contributed by atoms with Gasteiger partial charge < -0.3 is 5.32 Å². The second-order valence-electron chi connectivity index (χ2n) is 4.49. The van der Waals surface area contributed by atoms with Gasteiger partial charge in [-0.05, 0) is 30.5 Å². The van der Waals surface area contributed by atoms with Crippen LogP contribution in [0.25, 0.3) is 0 Å². The van der Waals surface area contributed by atoms with Crippen molar-refractivity contribution in [1.82, 2.24) is 15.2 Å². The van der Waals surface area contributed by atoms with E-state index in [4.69, 9.17) is 0 Å². The Kier molecular flexibility index (Phi) is 3.41. The number of nitrogens with zero attached hydrogens (tertiary/aromatic N) is 2. The van der Waals surface area contributed by atoms with Crippen LogP contribution in [0.5, 0.6) is 0 Å². The largest absolute Gasteiger partial charge is 0.324 e. The van der Waals surface area contributed by atoms with E-state index < -0.39 is 0 Å². The lowest BCUT2D eigenvalue weighted by molar-refractivity contribution is 0.866. The Balaban J connectivity index is 2.18. The number of aromatic amines is 1. The number of benzene rings is 1. The van der Waals surface area contributed by atoms with Crippen molar-refractivity contribution in [3.8, 4) is 0 Å². The highest BCUT2D eigenvalue weighted by Crippen LogP contribution is 2.18. The second kappa shape index (κ2) is 5.00. The first-order valence-corrected chi connectivity index (χ1v) is 5.87. The van der Waals surface area contributed by atoms with Crippen LogP contribution in [0.15, 0.2) is 29.1 Å². The Morgan fingerprint density at radius 3 is 2.39 bits per heavy atom. The maximum atomic E-state index is 11.4. The maximum absolute atomic E-state index is 11.4.